The Balaban J connectivity index is 1.74. The molecule has 0 atom stereocenters. The van der Waals surface area contributed by atoms with E-state index in [0.29, 0.717) is 0 Å². The molecule has 0 amide bonds. The van der Waals surface area contributed by atoms with Gasteiger partial charge in [-0.25, -0.2) is 9.97 Å². The Bertz CT molecular complexity index is 363. The van der Waals surface area contributed by atoms with Gasteiger partial charge in [0.2, 0.25) is 5.95 Å². The number of aromatic nitrogens is 2. The molecule has 1 aliphatic rings. The lowest BCUT2D eigenvalue weighted by Crippen LogP contribution is -2.36. The van der Waals surface area contributed by atoms with E-state index < -0.39 is 0 Å². The number of hydrogen-bond acceptors (Lipinski definition) is 4. The predicted molar refractivity (Wildman–Crippen MR) is 74.8 cm³/mol. The maximum atomic E-state index is 4.39. The first-order valence-corrected chi connectivity index (χ1v) is 6.92. The fourth-order valence-electron chi connectivity index (χ4n) is 2.42. The third-order valence-electron chi connectivity index (χ3n) is 3.57. The second kappa shape index (κ2) is 6.14. The molecule has 0 spiro atoms. The van der Waals surface area contributed by atoms with Crippen LogP contribution < -0.4 is 5.32 Å². The van der Waals surface area contributed by atoms with Crippen LogP contribution in [-0.4, -0.2) is 41.0 Å². The quantitative estimate of drug-likeness (QED) is 0.887. The Kier molecular flexibility index (Phi) is 4.53. The van der Waals surface area contributed by atoms with E-state index in [1.807, 2.05) is 19.9 Å². The number of nitrogens with zero attached hydrogens (tertiary/aromatic N) is 3. The van der Waals surface area contributed by atoms with E-state index in [0.717, 1.165) is 36.3 Å². The van der Waals surface area contributed by atoms with Gasteiger partial charge in [0.05, 0.1) is 0 Å². The third kappa shape index (κ3) is 3.95. The van der Waals surface area contributed by atoms with Gasteiger partial charge in [0.1, 0.15) is 0 Å². The minimum atomic E-state index is 0.762. The van der Waals surface area contributed by atoms with Gasteiger partial charge in [-0.15, -0.1) is 0 Å². The topological polar surface area (TPSA) is 41.1 Å². The molecule has 0 unspecified atom stereocenters. The third-order valence-corrected chi connectivity index (χ3v) is 3.57. The highest BCUT2D eigenvalue weighted by Gasteiger charge is 2.14. The molecule has 1 saturated heterocycles. The summed E-state index contributed by atoms with van der Waals surface area (Å²) in [5, 5.41) is 3.32. The average molecular weight is 248 g/mol. The van der Waals surface area contributed by atoms with Crippen molar-refractivity contribution in [1.29, 1.82) is 0 Å². The maximum Gasteiger partial charge on any atom is 0.223 e. The first-order chi connectivity index (χ1) is 8.63. The summed E-state index contributed by atoms with van der Waals surface area (Å²) in [6.45, 7) is 10.8. The van der Waals surface area contributed by atoms with Crippen LogP contribution in [-0.2, 0) is 0 Å². The van der Waals surface area contributed by atoms with Gasteiger partial charge in [0.25, 0.3) is 0 Å². The molecule has 0 bridgehead atoms. The summed E-state index contributed by atoms with van der Waals surface area (Å²) in [5.74, 6) is 1.66. The summed E-state index contributed by atoms with van der Waals surface area (Å²) in [7, 11) is 0. The van der Waals surface area contributed by atoms with E-state index in [1.54, 1.807) is 0 Å². The van der Waals surface area contributed by atoms with Gasteiger partial charge in [-0.05, 0) is 51.8 Å². The monoisotopic (exact) mass is 248 g/mol. The van der Waals surface area contributed by atoms with Crippen molar-refractivity contribution in [1.82, 2.24) is 14.9 Å². The van der Waals surface area contributed by atoms with Crippen molar-refractivity contribution < 1.29 is 0 Å². The van der Waals surface area contributed by atoms with Crippen molar-refractivity contribution in [3.05, 3.63) is 17.5 Å². The zero-order valence-electron chi connectivity index (χ0n) is 11.7. The molecule has 2 heterocycles. The van der Waals surface area contributed by atoms with Crippen LogP contribution in [0.4, 0.5) is 5.95 Å². The normalized spacial score (nSPS) is 17.9. The number of hydrogen-bond donors (Lipinski definition) is 1. The highest BCUT2D eigenvalue weighted by atomic mass is 15.2. The van der Waals surface area contributed by atoms with Crippen molar-refractivity contribution in [2.75, 3.05) is 31.5 Å². The van der Waals surface area contributed by atoms with Crippen LogP contribution in [0.5, 0.6) is 0 Å². The zero-order chi connectivity index (χ0) is 13.0. The lowest BCUT2D eigenvalue weighted by Gasteiger charge is -2.30. The second-order valence-corrected chi connectivity index (χ2v) is 5.43. The summed E-state index contributed by atoms with van der Waals surface area (Å²) >= 11 is 0. The summed E-state index contributed by atoms with van der Waals surface area (Å²) in [6, 6.07) is 2.00. The first-order valence-electron chi connectivity index (χ1n) is 6.92. The van der Waals surface area contributed by atoms with E-state index >= 15 is 0 Å². The molecule has 1 aliphatic heterocycles. The Morgan fingerprint density at radius 3 is 2.44 bits per heavy atom. The minimum absolute atomic E-state index is 0.762. The van der Waals surface area contributed by atoms with Gasteiger partial charge in [-0.3, -0.25) is 0 Å². The van der Waals surface area contributed by atoms with E-state index in [2.05, 4.69) is 27.1 Å². The van der Waals surface area contributed by atoms with Crippen LogP contribution in [0.2, 0.25) is 0 Å². The van der Waals surface area contributed by atoms with Gasteiger partial charge < -0.3 is 10.2 Å². The second-order valence-electron chi connectivity index (χ2n) is 5.43. The summed E-state index contributed by atoms with van der Waals surface area (Å²) in [6.07, 6.45) is 2.67. The highest BCUT2D eigenvalue weighted by molar-refractivity contribution is 5.27. The maximum absolute atomic E-state index is 4.39. The Morgan fingerprint density at radius 1 is 1.22 bits per heavy atom. The van der Waals surface area contributed by atoms with Crippen LogP contribution >= 0.6 is 0 Å². The van der Waals surface area contributed by atoms with Gasteiger partial charge >= 0.3 is 0 Å². The molecule has 0 aliphatic carbocycles. The Morgan fingerprint density at radius 2 is 1.83 bits per heavy atom. The van der Waals surface area contributed by atoms with Crippen LogP contribution in [0.1, 0.15) is 31.2 Å². The molecule has 2 rings (SSSR count). The highest BCUT2D eigenvalue weighted by Crippen LogP contribution is 2.15. The van der Waals surface area contributed by atoms with E-state index in [1.165, 1.54) is 25.9 Å². The van der Waals surface area contributed by atoms with E-state index in [4.69, 9.17) is 0 Å². The van der Waals surface area contributed by atoms with Crippen molar-refractivity contribution in [3.8, 4) is 0 Å². The zero-order valence-corrected chi connectivity index (χ0v) is 11.7. The first kappa shape index (κ1) is 13.3. The molecule has 0 saturated carbocycles. The fourth-order valence-corrected chi connectivity index (χ4v) is 2.42. The number of aryl methyl sites for hydroxylation is 2. The Labute approximate surface area is 110 Å². The SMILES string of the molecule is Cc1cc(C)nc(NCCN2CCC(C)CC2)n1. The fraction of sp³-hybridized carbons (Fsp3) is 0.714. The van der Waals surface area contributed by atoms with Crippen LogP contribution in [0.15, 0.2) is 6.07 Å². The molecule has 18 heavy (non-hydrogen) atoms. The largest absolute Gasteiger partial charge is 0.353 e. The van der Waals surface area contributed by atoms with Crippen molar-refractivity contribution in [2.24, 2.45) is 5.92 Å². The van der Waals surface area contributed by atoms with Crippen molar-refractivity contribution >= 4 is 5.95 Å². The number of piperidine rings is 1. The molecule has 0 aromatic carbocycles. The lowest BCUT2D eigenvalue weighted by atomic mass is 9.99. The van der Waals surface area contributed by atoms with Crippen molar-refractivity contribution in [2.45, 2.75) is 33.6 Å². The molecule has 4 heteroatoms. The lowest BCUT2D eigenvalue weighted by molar-refractivity contribution is 0.199. The van der Waals surface area contributed by atoms with E-state index in [-0.39, 0.29) is 0 Å². The average Bonchev–Trinajstić information content (AvgIpc) is 2.30. The number of anilines is 1. The number of nitrogens with one attached hydrogen (secondary N) is 1. The van der Waals surface area contributed by atoms with Crippen molar-refractivity contribution in [3.63, 3.8) is 0 Å². The molecule has 1 N–H and O–H groups in total. The van der Waals surface area contributed by atoms with Crippen LogP contribution in [0.25, 0.3) is 0 Å². The summed E-state index contributed by atoms with van der Waals surface area (Å²) in [5.41, 5.74) is 2.05. The molecule has 1 aromatic heterocycles. The molecular weight excluding hydrogens is 224 g/mol. The molecular formula is C14H24N4. The molecule has 0 radical (unpaired) electrons. The van der Waals surface area contributed by atoms with E-state index in [9.17, 15) is 0 Å². The molecule has 1 aromatic rings. The minimum Gasteiger partial charge on any atom is -0.353 e. The molecule has 4 nitrogen and oxygen atoms in total. The van der Waals surface area contributed by atoms with Crippen LogP contribution in [0.3, 0.4) is 0 Å². The molecule has 100 valence electrons. The predicted octanol–water partition coefficient (Wildman–Crippen LogP) is 2.24. The van der Waals surface area contributed by atoms with Gasteiger partial charge in [0, 0.05) is 24.5 Å². The molecule has 1 fully saturated rings. The van der Waals surface area contributed by atoms with Gasteiger partial charge in [-0.2, -0.15) is 0 Å². The smallest absolute Gasteiger partial charge is 0.223 e. The van der Waals surface area contributed by atoms with Crippen LogP contribution in [0, 0.1) is 19.8 Å². The summed E-state index contributed by atoms with van der Waals surface area (Å²) in [4.78, 5) is 11.3. The Hall–Kier alpha value is -1.16. The number of rotatable bonds is 4. The number of likely N-dealkylation sites (tertiary alicyclic amines) is 1. The van der Waals surface area contributed by atoms with Gasteiger partial charge in [0.15, 0.2) is 0 Å². The standard InChI is InChI=1S/C14H24N4/c1-11-4-7-18(8-5-11)9-6-15-14-16-12(2)10-13(3)17-14/h10-11H,4-9H2,1-3H3,(H,15,16,17). The van der Waals surface area contributed by atoms with Gasteiger partial charge in [-0.1, -0.05) is 6.92 Å². The summed E-state index contributed by atoms with van der Waals surface area (Å²) < 4.78 is 0.